The SMILES string of the molecule is COCCCn1c(C)nnc1SCc1ccccc1. The van der Waals surface area contributed by atoms with Gasteiger partial charge in [-0.2, -0.15) is 0 Å². The predicted octanol–water partition coefficient (Wildman–Crippen LogP) is 2.92. The predicted molar refractivity (Wildman–Crippen MR) is 77.3 cm³/mol. The molecule has 0 aliphatic heterocycles. The van der Waals surface area contributed by atoms with Gasteiger partial charge in [-0.25, -0.2) is 0 Å². The molecule has 0 fully saturated rings. The fourth-order valence-electron chi connectivity index (χ4n) is 1.81. The zero-order chi connectivity index (χ0) is 13.5. The number of rotatable bonds is 7. The van der Waals surface area contributed by atoms with Crippen molar-refractivity contribution < 1.29 is 4.74 Å². The first-order valence-corrected chi connectivity index (χ1v) is 7.35. The Balaban J connectivity index is 1.96. The summed E-state index contributed by atoms with van der Waals surface area (Å²) in [5.74, 6) is 1.88. The molecule has 1 aromatic heterocycles. The number of nitrogens with zero attached hydrogens (tertiary/aromatic N) is 3. The first-order chi connectivity index (χ1) is 9.31. The standard InChI is InChI=1S/C14H19N3OS/c1-12-15-16-14(17(12)9-6-10-18-2)19-11-13-7-4-3-5-8-13/h3-5,7-8H,6,9-11H2,1-2H3. The Morgan fingerprint density at radius 1 is 1.21 bits per heavy atom. The summed E-state index contributed by atoms with van der Waals surface area (Å²) in [6.07, 6.45) is 0.980. The van der Waals surface area contributed by atoms with Crippen LogP contribution < -0.4 is 0 Å². The van der Waals surface area contributed by atoms with Gasteiger partial charge in [0.15, 0.2) is 5.16 Å². The topological polar surface area (TPSA) is 39.9 Å². The Morgan fingerprint density at radius 2 is 2.00 bits per heavy atom. The quantitative estimate of drug-likeness (QED) is 0.576. The number of benzene rings is 1. The van der Waals surface area contributed by atoms with Crippen molar-refractivity contribution in [3.8, 4) is 0 Å². The maximum absolute atomic E-state index is 5.09. The van der Waals surface area contributed by atoms with E-state index in [0.717, 1.165) is 36.3 Å². The van der Waals surface area contributed by atoms with Crippen LogP contribution in [0.5, 0.6) is 0 Å². The molecule has 1 heterocycles. The highest BCUT2D eigenvalue weighted by Gasteiger charge is 2.09. The highest BCUT2D eigenvalue weighted by molar-refractivity contribution is 7.98. The Kier molecular flexibility index (Phi) is 5.42. The van der Waals surface area contributed by atoms with Gasteiger partial charge in [0.1, 0.15) is 5.82 Å². The molecule has 2 rings (SSSR count). The average molecular weight is 277 g/mol. The van der Waals surface area contributed by atoms with Gasteiger partial charge in [-0.15, -0.1) is 10.2 Å². The van der Waals surface area contributed by atoms with Crippen molar-refractivity contribution in [3.05, 3.63) is 41.7 Å². The van der Waals surface area contributed by atoms with Gasteiger partial charge in [0.25, 0.3) is 0 Å². The maximum atomic E-state index is 5.09. The second kappa shape index (κ2) is 7.31. The minimum Gasteiger partial charge on any atom is -0.385 e. The van der Waals surface area contributed by atoms with E-state index in [1.165, 1.54) is 5.56 Å². The van der Waals surface area contributed by atoms with E-state index in [1.54, 1.807) is 18.9 Å². The lowest BCUT2D eigenvalue weighted by atomic mass is 10.2. The molecule has 0 spiro atoms. The second-order valence-corrected chi connectivity index (χ2v) is 5.24. The van der Waals surface area contributed by atoms with E-state index in [4.69, 9.17) is 4.74 Å². The monoisotopic (exact) mass is 277 g/mol. The largest absolute Gasteiger partial charge is 0.385 e. The van der Waals surface area contributed by atoms with Gasteiger partial charge in [-0.3, -0.25) is 0 Å². The van der Waals surface area contributed by atoms with Crippen molar-refractivity contribution >= 4 is 11.8 Å². The van der Waals surface area contributed by atoms with E-state index in [2.05, 4.69) is 39.0 Å². The van der Waals surface area contributed by atoms with Crippen LogP contribution in [0.15, 0.2) is 35.5 Å². The number of methoxy groups -OCH3 is 1. The molecule has 0 amide bonds. The van der Waals surface area contributed by atoms with E-state index in [9.17, 15) is 0 Å². The number of aromatic nitrogens is 3. The van der Waals surface area contributed by atoms with E-state index in [0.29, 0.717) is 0 Å². The summed E-state index contributed by atoms with van der Waals surface area (Å²) in [6, 6.07) is 10.4. The van der Waals surface area contributed by atoms with Crippen LogP contribution >= 0.6 is 11.8 Å². The summed E-state index contributed by atoms with van der Waals surface area (Å²) in [5.41, 5.74) is 1.30. The molecule has 102 valence electrons. The molecule has 4 nitrogen and oxygen atoms in total. The van der Waals surface area contributed by atoms with Crippen molar-refractivity contribution in [2.75, 3.05) is 13.7 Å². The minimum atomic E-state index is 0.764. The Bertz CT molecular complexity index is 499. The zero-order valence-corrected chi connectivity index (χ0v) is 12.2. The summed E-state index contributed by atoms with van der Waals surface area (Å²) in [4.78, 5) is 0. The van der Waals surface area contributed by atoms with Gasteiger partial charge in [0.05, 0.1) is 0 Å². The Labute approximate surface area is 118 Å². The molecule has 0 aliphatic carbocycles. The van der Waals surface area contributed by atoms with Crippen LogP contribution in [0, 0.1) is 6.92 Å². The summed E-state index contributed by atoms with van der Waals surface area (Å²) in [7, 11) is 1.73. The van der Waals surface area contributed by atoms with Gasteiger partial charge in [0, 0.05) is 26.0 Å². The highest BCUT2D eigenvalue weighted by atomic mass is 32.2. The van der Waals surface area contributed by atoms with Crippen molar-refractivity contribution in [1.82, 2.24) is 14.8 Å². The molecule has 0 saturated carbocycles. The molecule has 0 radical (unpaired) electrons. The van der Waals surface area contributed by atoms with Crippen LogP contribution in [-0.2, 0) is 17.0 Å². The molecule has 2 aromatic rings. The van der Waals surface area contributed by atoms with Crippen molar-refractivity contribution in [2.24, 2.45) is 0 Å². The lowest BCUT2D eigenvalue weighted by Gasteiger charge is -2.07. The van der Waals surface area contributed by atoms with E-state index in [-0.39, 0.29) is 0 Å². The van der Waals surface area contributed by atoms with E-state index in [1.807, 2.05) is 13.0 Å². The molecule has 0 saturated heterocycles. The van der Waals surface area contributed by atoms with Crippen LogP contribution in [0.1, 0.15) is 17.8 Å². The second-order valence-electron chi connectivity index (χ2n) is 4.30. The first-order valence-electron chi connectivity index (χ1n) is 6.36. The average Bonchev–Trinajstić information content (AvgIpc) is 2.79. The lowest BCUT2D eigenvalue weighted by molar-refractivity contribution is 0.189. The maximum Gasteiger partial charge on any atom is 0.191 e. The number of ether oxygens (including phenoxy) is 1. The Hall–Kier alpha value is -1.33. The minimum absolute atomic E-state index is 0.764. The van der Waals surface area contributed by atoms with Crippen molar-refractivity contribution in [1.29, 1.82) is 0 Å². The zero-order valence-electron chi connectivity index (χ0n) is 11.4. The molecule has 0 atom stereocenters. The molecule has 0 N–H and O–H groups in total. The van der Waals surface area contributed by atoms with Crippen LogP contribution in [0.3, 0.4) is 0 Å². The lowest BCUT2D eigenvalue weighted by Crippen LogP contribution is -2.05. The van der Waals surface area contributed by atoms with Crippen molar-refractivity contribution in [3.63, 3.8) is 0 Å². The Morgan fingerprint density at radius 3 is 2.74 bits per heavy atom. The molecule has 1 aromatic carbocycles. The first kappa shape index (κ1) is 14.1. The number of hydrogen-bond donors (Lipinski definition) is 0. The molecule has 0 aliphatic rings. The summed E-state index contributed by atoms with van der Waals surface area (Å²) < 4.78 is 7.25. The molecule has 0 unspecified atom stereocenters. The number of hydrogen-bond acceptors (Lipinski definition) is 4. The fourth-order valence-corrected chi connectivity index (χ4v) is 2.78. The summed E-state index contributed by atoms with van der Waals surface area (Å²) in [5, 5.41) is 9.39. The highest BCUT2D eigenvalue weighted by Crippen LogP contribution is 2.21. The van der Waals surface area contributed by atoms with Gasteiger partial charge in [-0.1, -0.05) is 42.1 Å². The summed E-state index contributed by atoms with van der Waals surface area (Å²) in [6.45, 7) is 3.66. The third-order valence-electron chi connectivity index (χ3n) is 2.84. The molecule has 19 heavy (non-hydrogen) atoms. The van der Waals surface area contributed by atoms with Crippen molar-refractivity contribution in [2.45, 2.75) is 30.8 Å². The van der Waals surface area contributed by atoms with Crippen LogP contribution in [0.25, 0.3) is 0 Å². The van der Waals surface area contributed by atoms with E-state index < -0.39 is 0 Å². The molecular formula is C14H19N3OS. The van der Waals surface area contributed by atoms with E-state index >= 15 is 0 Å². The molecular weight excluding hydrogens is 258 g/mol. The van der Waals surface area contributed by atoms with Gasteiger partial charge in [-0.05, 0) is 18.9 Å². The van der Waals surface area contributed by atoms with Gasteiger partial charge < -0.3 is 9.30 Å². The van der Waals surface area contributed by atoms with Crippen LogP contribution in [-0.4, -0.2) is 28.5 Å². The van der Waals surface area contributed by atoms with Crippen LogP contribution in [0.4, 0.5) is 0 Å². The molecule has 0 bridgehead atoms. The number of aryl methyl sites for hydroxylation is 1. The normalized spacial score (nSPS) is 10.8. The fraction of sp³-hybridized carbons (Fsp3) is 0.429. The van der Waals surface area contributed by atoms with Crippen LogP contribution in [0.2, 0.25) is 0 Å². The smallest absolute Gasteiger partial charge is 0.191 e. The van der Waals surface area contributed by atoms with Gasteiger partial charge >= 0.3 is 0 Å². The summed E-state index contributed by atoms with van der Waals surface area (Å²) >= 11 is 1.73. The third kappa shape index (κ3) is 4.08. The molecule has 5 heteroatoms. The number of thioether (sulfide) groups is 1. The third-order valence-corrected chi connectivity index (χ3v) is 3.88. The van der Waals surface area contributed by atoms with Gasteiger partial charge in [0.2, 0.25) is 0 Å².